The lowest BCUT2D eigenvalue weighted by Crippen LogP contribution is -2.47. The molecule has 2 N–H and O–H groups in total. The summed E-state index contributed by atoms with van der Waals surface area (Å²) in [5.41, 5.74) is 5.60. The van der Waals surface area contributed by atoms with Gasteiger partial charge in [-0.05, 0) is 33.5 Å². The molecule has 1 heterocycles. The second-order valence-corrected chi connectivity index (χ2v) is 4.24. The maximum atomic E-state index is 5.60. The van der Waals surface area contributed by atoms with Crippen molar-refractivity contribution in [3.05, 3.63) is 0 Å². The van der Waals surface area contributed by atoms with E-state index in [0.717, 1.165) is 19.1 Å². The monoisotopic (exact) mass is 185 g/mol. The summed E-state index contributed by atoms with van der Waals surface area (Å²) in [6, 6.07) is 0.743. The molecule has 0 aromatic rings. The molecule has 0 radical (unpaired) electrons. The summed E-state index contributed by atoms with van der Waals surface area (Å²) >= 11 is 0. The van der Waals surface area contributed by atoms with E-state index in [1.807, 2.05) is 0 Å². The molecule has 0 bridgehead atoms. The summed E-state index contributed by atoms with van der Waals surface area (Å²) in [5, 5.41) is 0. The first-order valence-corrected chi connectivity index (χ1v) is 5.33. The Morgan fingerprint density at radius 3 is 2.77 bits per heavy atom. The number of rotatable bonds is 4. The molecule has 0 amide bonds. The predicted molar refractivity (Wildman–Crippen MR) is 56.8 cm³/mol. The number of nitrogens with zero attached hydrogens (tertiary/aromatic N) is 2. The molecule has 0 aromatic heterocycles. The quantitative estimate of drug-likeness (QED) is 0.686. The van der Waals surface area contributed by atoms with Crippen LogP contribution in [0, 0.1) is 0 Å². The lowest BCUT2D eigenvalue weighted by atomic mass is 10.0. The van der Waals surface area contributed by atoms with Gasteiger partial charge in [-0.25, -0.2) is 0 Å². The van der Waals surface area contributed by atoms with Crippen LogP contribution in [0.15, 0.2) is 0 Å². The third-order valence-corrected chi connectivity index (χ3v) is 2.74. The van der Waals surface area contributed by atoms with Crippen LogP contribution in [-0.2, 0) is 0 Å². The zero-order chi connectivity index (χ0) is 9.68. The van der Waals surface area contributed by atoms with E-state index in [1.54, 1.807) is 0 Å². The van der Waals surface area contributed by atoms with Crippen molar-refractivity contribution in [1.29, 1.82) is 0 Å². The minimum atomic E-state index is 0.743. The molecule has 1 aliphatic rings. The van der Waals surface area contributed by atoms with Gasteiger partial charge >= 0.3 is 0 Å². The molecule has 13 heavy (non-hydrogen) atoms. The zero-order valence-electron chi connectivity index (χ0n) is 9.00. The Hall–Kier alpha value is -0.120. The topological polar surface area (TPSA) is 32.5 Å². The lowest BCUT2D eigenvalue weighted by molar-refractivity contribution is 0.125. The van der Waals surface area contributed by atoms with Crippen LogP contribution in [0.25, 0.3) is 0 Å². The van der Waals surface area contributed by atoms with Crippen LogP contribution in [0.3, 0.4) is 0 Å². The molecule has 0 saturated carbocycles. The van der Waals surface area contributed by atoms with Gasteiger partial charge in [0.25, 0.3) is 0 Å². The zero-order valence-corrected chi connectivity index (χ0v) is 9.00. The summed E-state index contributed by atoms with van der Waals surface area (Å²) in [6.07, 6.45) is 4.09. The Morgan fingerprint density at radius 2 is 2.15 bits per heavy atom. The summed E-state index contributed by atoms with van der Waals surface area (Å²) in [6.45, 7) is 4.29. The minimum absolute atomic E-state index is 0.743. The first kappa shape index (κ1) is 11.0. The Bertz CT molecular complexity index is 134. The average Bonchev–Trinajstić information content (AvgIpc) is 2.08. The van der Waals surface area contributed by atoms with Crippen LogP contribution >= 0.6 is 0 Å². The highest BCUT2D eigenvalue weighted by atomic mass is 15.2. The van der Waals surface area contributed by atoms with Crippen molar-refractivity contribution < 1.29 is 0 Å². The van der Waals surface area contributed by atoms with Crippen molar-refractivity contribution in [3.8, 4) is 0 Å². The van der Waals surface area contributed by atoms with Gasteiger partial charge in [-0.3, -0.25) is 4.90 Å². The highest BCUT2D eigenvalue weighted by molar-refractivity contribution is 4.78. The molecule has 1 aliphatic heterocycles. The van der Waals surface area contributed by atoms with Gasteiger partial charge in [-0.15, -0.1) is 0 Å². The van der Waals surface area contributed by atoms with Crippen molar-refractivity contribution in [2.45, 2.75) is 25.3 Å². The fraction of sp³-hybridized carbons (Fsp3) is 1.00. The van der Waals surface area contributed by atoms with Gasteiger partial charge in [0.1, 0.15) is 0 Å². The molecular formula is C10H23N3. The van der Waals surface area contributed by atoms with E-state index in [1.165, 1.54) is 32.4 Å². The summed E-state index contributed by atoms with van der Waals surface area (Å²) in [5.74, 6) is 0. The molecule has 0 unspecified atom stereocenters. The van der Waals surface area contributed by atoms with E-state index in [0.29, 0.717) is 0 Å². The van der Waals surface area contributed by atoms with E-state index >= 15 is 0 Å². The highest BCUT2D eigenvalue weighted by Crippen LogP contribution is 2.16. The molecule has 78 valence electrons. The molecule has 1 rings (SSSR count). The van der Waals surface area contributed by atoms with Crippen LogP contribution in [0.5, 0.6) is 0 Å². The van der Waals surface area contributed by atoms with E-state index in [9.17, 15) is 0 Å². The second-order valence-electron chi connectivity index (χ2n) is 4.24. The maximum Gasteiger partial charge on any atom is 0.0223 e. The summed E-state index contributed by atoms with van der Waals surface area (Å²) in [7, 11) is 4.30. The van der Waals surface area contributed by atoms with E-state index in [2.05, 4.69) is 23.9 Å². The van der Waals surface area contributed by atoms with Crippen molar-refractivity contribution in [3.63, 3.8) is 0 Å². The van der Waals surface area contributed by atoms with Gasteiger partial charge in [-0.1, -0.05) is 6.42 Å². The molecule has 3 nitrogen and oxygen atoms in total. The molecule has 1 fully saturated rings. The minimum Gasteiger partial charge on any atom is -0.329 e. The van der Waals surface area contributed by atoms with Gasteiger partial charge in [0.05, 0.1) is 0 Å². The Balaban J connectivity index is 2.36. The molecule has 3 heteroatoms. The fourth-order valence-corrected chi connectivity index (χ4v) is 2.15. The number of nitrogens with two attached hydrogens (primary N) is 1. The van der Waals surface area contributed by atoms with Crippen LogP contribution in [-0.4, -0.2) is 56.1 Å². The van der Waals surface area contributed by atoms with Crippen molar-refractivity contribution in [2.75, 3.05) is 40.3 Å². The number of hydrogen-bond acceptors (Lipinski definition) is 3. The SMILES string of the molecule is CN(C)C[C@@H]1CCCCN1CCN. The third-order valence-electron chi connectivity index (χ3n) is 2.74. The number of likely N-dealkylation sites (N-methyl/N-ethyl adjacent to an activating group) is 1. The third kappa shape index (κ3) is 3.63. The van der Waals surface area contributed by atoms with Gasteiger partial charge in [0.2, 0.25) is 0 Å². The van der Waals surface area contributed by atoms with Crippen LogP contribution < -0.4 is 5.73 Å². The predicted octanol–water partition coefficient (Wildman–Crippen LogP) is 0.361. The van der Waals surface area contributed by atoms with Crippen LogP contribution in [0.1, 0.15) is 19.3 Å². The second kappa shape index (κ2) is 5.58. The van der Waals surface area contributed by atoms with Gasteiger partial charge in [-0.2, -0.15) is 0 Å². The van der Waals surface area contributed by atoms with E-state index in [-0.39, 0.29) is 0 Å². The average molecular weight is 185 g/mol. The molecule has 0 aliphatic carbocycles. The lowest BCUT2D eigenvalue weighted by Gasteiger charge is -2.36. The number of piperidine rings is 1. The van der Waals surface area contributed by atoms with Gasteiger partial charge < -0.3 is 10.6 Å². The summed E-state index contributed by atoms with van der Waals surface area (Å²) in [4.78, 5) is 4.82. The smallest absolute Gasteiger partial charge is 0.0223 e. The van der Waals surface area contributed by atoms with Gasteiger partial charge in [0.15, 0.2) is 0 Å². The van der Waals surface area contributed by atoms with Crippen LogP contribution in [0.2, 0.25) is 0 Å². The van der Waals surface area contributed by atoms with Crippen molar-refractivity contribution >= 4 is 0 Å². The maximum absolute atomic E-state index is 5.60. The fourth-order valence-electron chi connectivity index (χ4n) is 2.15. The largest absolute Gasteiger partial charge is 0.329 e. The Labute approximate surface area is 81.9 Å². The first-order chi connectivity index (χ1) is 6.24. The van der Waals surface area contributed by atoms with E-state index < -0.39 is 0 Å². The van der Waals surface area contributed by atoms with Crippen LogP contribution in [0.4, 0.5) is 0 Å². The van der Waals surface area contributed by atoms with Crippen molar-refractivity contribution in [1.82, 2.24) is 9.80 Å². The van der Waals surface area contributed by atoms with Gasteiger partial charge in [0, 0.05) is 25.7 Å². The molecular weight excluding hydrogens is 162 g/mol. The van der Waals surface area contributed by atoms with E-state index in [4.69, 9.17) is 5.73 Å². The molecule has 0 aromatic carbocycles. The Kier molecular flexibility index (Phi) is 4.70. The highest BCUT2D eigenvalue weighted by Gasteiger charge is 2.21. The number of likely N-dealkylation sites (tertiary alicyclic amines) is 1. The Morgan fingerprint density at radius 1 is 1.38 bits per heavy atom. The standard InChI is InChI=1S/C10H23N3/c1-12(2)9-10-5-3-4-7-13(10)8-6-11/h10H,3-9,11H2,1-2H3/t10-/m0/s1. The summed E-state index contributed by atoms with van der Waals surface area (Å²) < 4.78 is 0. The normalized spacial score (nSPS) is 25.4. The molecule has 1 saturated heterocycles. The first-order valence-electron chi connectivity index (χ1n) is 5.33. The molecule has 0 spiro atoms. The number of hydrogen-bond donors (Lipinski definition) is 1. The molecule has 1 atom stereocenters. The van der Waals surface area contributed by atoms with Crippen molar-refractivity contribution in [2.24, 2.45) is 5.73 Å².